The first kappa shape index (κ1) is 11.3. The van der Waals surface area contributed by atoms with Crippen LogP contribution in [0.4, 0.5) is 0 Å². The average Bonchev–Trinajstić information content (AvgIpc) is 2.23. The number of hydrogen-bond donors (Lipinski definition) is 1. The van der Waals surface area contributed by atoms with Gasteiger partial charge < -0.3 is 5.11 Å². The monoisotopic (exact) mass is 234 g/mol. The van der Waals surface area contributed by atoms with Crippen LogP contribution in [0.25, 0.3) is 0 Å². The third-order valence-corrected chi connectivity index (χ3v) is 5.35. The Morgan fingerprint density at radius 1 is 1.18 bits per heavy atom. The molecule has 17 heavy (non-hydrogen) atoms. The molecule has 0 heterocycles. The van der Waals surface area contributed by atoms with E-state index in [1.807, 2.05) is 6.92 Å². The fourth-order valence-corrected chi connectivity index (χ4v) is 5.21. The molecular formula is C15H22O2. The Hall–Kier alpha value is -0.790. The number of carboxylic acid groups (broad SMARTS) is 1. The highest BCUT2D eigenvalue weighted by molar-refractivity contribution is 5.86. The highest BCUT2D eigenvalue weighted by Gasteiger charge is 2.51. The summed E-state index contributed by atoms with van der Waals surface area (Å²) in [5.41, 5.74) is 1.00. The van der Waals surface area contributed by atoms with Gasteiger partial charge in [0, 0.05) is 5.57 Å². The molecule has 0 unspecified atom stereocenters. The standard InChI is InChI=1S/C15H22O2/c1-2-13(14(16)17)9-15-6-10-3-11(7-15)5-12(4-10)8-15/h2,10-12H,3-9H2,1H3,(H,16,17). The van der Waals surface area contributed by atoms with Gasteiger partial charge in [-0.1, -0.05) is 6.08 Å². The fraction of sp³-hybridized carbons (Fsp3) is 0.800. The van der Waals surface area contributed by atoms with Gasteiger partial charge in [0.1, 0.15) is 0 Å². The molecule has 0 radical (unpaired) electrons. The molecule has 0 aromatic heterocycles. The predicted molar refractivity (Wildman–Crippen MR) is 66.6 cm³/mol. The summed E-state index contributed by atoms with van der Waals surface area (Å²) in [6.07, 6.45) is 10.8. The second-order valence-corrected chi connectivity index (χ2v) is 6.71. The molecule has 2 heteroatoms. The number of allylic oxidation sites excluding steroid dienone is 1. The largest absolute Gasteiger partial charge is 0.478 e. The van der Waals surface area contributed by atoms with Gasteiger partial charge in [-0.15, -0.1) is 0 Å². The van der Waals surface area contributed by atoms with Crippen molar-refractivity contribution < 1.29 is 9.90 Å². The molecule has 0 aliphatic heterocycles. The maximum atomic E-state index is 11.2. The van der Waals surface area contributed by atoms with E-state index in [1.165, 1.54) is 38.5 Å². The first-order chi connectivity index (χ1) is 8.10. The summed E-state index contributed by atoms with van der Waals surface area (Å²) >= 11 is 0. The minimum atomic E-state index is -0.705. The normalized spacial score (nSPS) is 44.1. The zero-order valence-electron chi connectivity index (χ0n) is 10.6. The molecule has 0 spiro atoms. The van der Waals surface area contributed by atoms with Crippen molar-refractivity contribution in [2.75, 3.05) is 0 Å². The van der Waals surface area contributed by atoms with E-state index >= 15 is 0 Å². The van der Waals surface area contributed by atoms with E-state index in [1.54, 1.807) is 6.08 Å². The van der Waals surface area contributed by atoms with Crippen molar-refractivity contribution in [3.05, 3.63) is 11.6 Å². The summed E-state index contributed by atoms with van der Waals surface area (Å²) in [7, 11) is 0. The second kappa shape index (κ2) is 3.86. The van der Waals surface area contributed by atoms with Crippen molar-refractivity contribution in [2.24, 2.45) is 23.2 Å². The zero-order valence-corrected chi connectivity index (χ0v) is 10.6. The van der Waals surface area contributed by atoms with E-state index in [9.17, 15) is 9.90 Å². The van der Waals surface area contributed by atoms with E-state index in [0.29, 0.717) is 11.0 Å². The van der Waals surface area contributed by atoms with E-state index in [4.69, 9.17) is 0 Å². The number of hydrogen-bond acceptors (Lipinski definition) is 1. The molecule has 1 N–H and O–H groups in total. The Morgan fingerprint density at radius 3 is 2.00 bits per heavy atom. The van der Waals surface area contributed by atoms with Gasteiger partial charge in [0.15, 0.2) is 0 Å². The van der Waals surface area contributed by atoms with Crippen molar-refractivity contribution in [3.8, 4) is 0 Å². The topological polar surface area (TPSA) is 37.3 Å². The molecule has 4 fully saturated rings. The Kier molecular flexibility index (Phi) is 2.57. The molecule has 0 amide bonds. The predicted octanol–water partition coefficient (Wildman–Crippen LogP) is 3.62. The van der Waals surface area contributed by atoms with Gasteiger partial charge in [0.25, 0.3) is 0 Å². The second-order valence-electron chi connectivity index (χ2n) is 6.71. The lowest BCUT2D eigenvalue weighted by Gasteiger charge is -2.57. The summed E-state index contributed by atoms with van der Waals surface area (Å²) in [4.78, 5) is 11.2. The van der Waals surface area contributed by atoms with Crippen molar-refractivity contribution in [1.29, 1.82) is 0 Å². The molecule has 4 aliphatic carbocycles. The first-order valence-electron chi connectivity index (χ1n) is 6.99. The lowest BCUT2D eigenvalue weighted by molar-refractivity contribution is -0.134. The molecule has 0 aromatic carbocycles. The number of rotatable bonds is 3. The number of carbonyl (C=O) groups is 1. The molecule has 4 saturated carbocycles. The van der Waals surface area contributed by atoms with E-state index in [2.05, 4.69) is 0 Å². The van der Waals surface area contributed by atoms with Crippen LogP contribution in [0.5, 0.6) is 0 Å². The third-order valence-electron chi connectivity index (χ3n) is 5.35. The fourth-order valence-electron chi connectivity index (χ4n) is 5.21. The summed E-state index contributed by atoms with van der Waals surface area (Å²) in [6.45, 7) is 1.87. The lowest BCUT2D eigenvalue weighted by atomic mass is 9.48. The highest BCUT2D eigenvalue weighted by atomic mass is 16.4. The minimum absolute atomic E-state index is 0.356. The molecule has 0 atom stereocenters. The van der Waals surface area contributed by atoms with Gasteiger partial charge in [-0.05, 0) is 75.0 Å². The van der Waals surface area contributed by atoms with Crippen LogP contribution in [0.1, 0.15) is 51.9 Å². The zero-order chi connectivity index (χ0) is 12.0. The quantitative estimate of drug-likeness (QED) is 0.757. The SMILES string of the molecule is CC=C(CC12CC3CC(CC(C3)C1)C2)C(=O)O. The van der Waals surface area contributed by atoms with Crippen LogP contribution in [0, 0.1) is 23.2 Å². The first-order valence-corrected chi connectivity index (χ1v) is 6.99. The summed E-state index contributed by atoms with van der Waals surface area (Å²) in [5, 5.41) is 9.21. The van der Waals surface area contributed by atoms with E-state index < -0.39 is 5.97 Å². The maximum absolute atomic E-state index is 11.2. The van der Waals surface area contributed by atoms with Gasteiger partial charge in [-0.3, -0.25) is 0 Å². The van der Waals surface area contributed by atoms with E-state index in [-0.39, 0.29) is 0 Å². The molecule has 0 saturated heterocycles. The highest BCUT2D eigenvalue weighted by Crippen LogP contribution is 2.61. The number of carboxylic acids is 1. The maximum Gasteiger partial charge on any atom is 0.331 e. The van der Waals surface area contributed by atoms with Crippen LogP contribution in [-0.4, -0.2) is 11.1 Å². The summed E-state index contributed by atoms with van der Waals surface area (Å²) < 4.78 is 0. The molecule has 94 valence electrons. The van der Waals surface area contributed by atoms with Crippen LogP contribution in [-0.2, 0) is 4.79 Å². The third kappa shape index (κ3) is 1.92. The van der Waals surface area contributed by atoms with E-state index in [0.717, 1.165) is 24.2 Å². The van der Waals surface area contributed by atoms with Crippen LogP contribution in [0.2, 0.25) is 0 Å². The van der Waals surface area contributed by atoms with Gasteiger partial charge in [-0.25, -0.2) is 4.79 Å². The van der Waals surface area contributed by atoms with Crippen molar-refractivity contribution in [1.82, 2.24) is 0 Å². The van der Waals surface area contributed by atoms with Crippen LogP contribution < -0.4 is 0 Å². The molecular weight excluding hydrogens is 212 g/mol. The Balaban J connectivity index is 1.80. The van der Waals surface area contributed by atoms with Crippen LogP contribution >= 0.6 is 0 Å². The Morgan fingerprint density at radius 2 is 1.65 bits per heavy atom. The van der Waals surface area contributed by atoms with Gasteiger partial charge in [0.2, 0.25) is 0 Å². The molecule has 2 nitrogen and oxygen atoms in total. The van der Waals surface area contributed by atoms with Gasteiger partial charge in [0.05, 0.1) is 0 Å². The smallest absolute Gasteiger partial charge is 0.331 e. The lowest BCUT2D eigenvalue weighted by Crippen LogP contribution is -2.46. The molecule has 4 rings (SSSR count). The van der Waals surface area contributed by atoms with Crippen molar-refractivity contribution in [2.45, 2.75) is 51.9 Å². The minimum Gasteiger partial charge on any atom is -0.478 e. The molecule has 4 aliphatic rings. The average molecular weight is 234 g/mol. The number of aliphatic carboxylic acids is 1. The van der Waals surface area contributed by atoms with Gasteiger partial charge >= 0.3 is 5.97 Å². The van der Waals surface area contributed by atoms with Crippen LogP contribution in [0.3, 0.4) is 0 Å². The summed E-state index contributed by atoms with van der Waals surface area (Å²) in [6, 6.07) is 0. The van der Waals surface area contributed by atoms with Crippen molar-refractivity contribution >= 4 is 5.97 Å². The molecule has 0 aromatic rings. The van der Waals surface area contributed by atoms with Gasteiger partial charge in [-0.2, -0.15) is 0 Å². The Labute approximate surface area is 103 Å². The molecule has 4 bridgehead atoms. The summed E-state index contributed by atoms with van der Waals surface area (Å²) in [5.74, 6) is 2.03. The Bertz CT molecular complexity index is 332. The van der Waals surface area contributed by atoms with Crippen LogP contribution in [0.15, 0.2) is 11.6 Å². The van der Waals surface area contributed by atoms with Crippen molar-refractivity contribution in [3.63, 3.8) is 0 Å².